The topological polar surface area (TPSA) is 52.9 Å². The summed E-state index contributed by atoms with van der Waals surface area (Å²) in [5.74, 6) is -0.854. The maximum atomic E-state index is 12.8. The first kappa shape index (κ1) is 14.6. The van der Waals surface area contributed by atoms with E-state index in [2.05, 4.69) is 5.32 Å². The highest BCUT2D eigenvalue weighted by Crippen LogP contribution is 2.32. The molecule has 0 aliphatic heterocycles. The van der Waals surface area contributed by atoms with Gasteiger partial charge in [0.2, 0.25) is 0 Å². The summed E-state index contributed by atoms with van der Waals surface area (Å²) in [5.41, 5.74) is -0.731. The maximum absolute atomic E-state index is 12.8. The Balaban J connectivity index is 2.27. The lowest BCUT2D eigenvalue weighted by Gasteiger charge is -2.12. The summed E-state index contributed by atoms with van der Waals surface area (Å²) in [6.45, 7) is 0. The van der Waals surface area contributed by atoms with Crippen LogP contribution in [0.2, 0.25) is 0 Å². The van der Waals surface area contributed by atoms with Gasteiger partial charge in [0.25, 0.3) is 5.91 Å². The lowest BCUT2D eigenvalue weighted by atomic mass is 10.1. The van der Waals surface area contributed by atoms with Crippen molar-refractivity contribution in [1.82, 2.24) is 0 Å². The Bertz CT molecular complexity index is 700. The Morgan fingerprint density at radius 3 is 2.24 bits per heavy atom. The number of hydrogen-bond donors (Lipinski definition) is 1. The van der Waals surface area contributed by atoms with Gasteiger partial charge in [-0.05, 0) is 36.4 Å². The number of alkyl halides is 3. The molecule has 6 heteroatoms. The van der Waals surface area contributed by atoms with Crippen LogP contribution in [-0.4, -0.2) is 5.91 Å². The second-order valence-corrected chi connectivity index (χ2v) is 4.19. The summed E-state index contributed by atoms with van der Waals surface area (Å²) < 4.78 is 38.5. The SMILES string of the molecule is N#Cc1ccc(NC(=O)c2ccccc2C(F)(F)F)cc1. The van der Waals surface area contributed by atoms with E-state index in [0.29, 0.717) is 11.3 Å². The van der Waals surface area contributed by atoms with Crippen LogP contribution in [0.25, 0.3) is 0 Å². The third-order valence-corrected chi connectivity index (χ3v) is 2.75. The Kier molecular flexibility index (Phi) is 3.94. The summed E-state index contributed by atoms with van der Waals surface area (Å²) in [4.78, 5) is 12.0. The van der Waals surface area contributed by atoms with Gasteiger partial charge in [0.05, 0.1) is 22.8 Å². The largest absolute Gasteiger partial charge is 0.417 e. The third kappa shape index (κ3) is 3.39. The minimum absolute atomic E-state index is 0.316. The molecule has 0 aromatic heterocycles. The van der Waals surface area contributed by atoms with Crippen molar-refractivity contribution in [3.8, 4) is 6.07 Å². The number of benzene rings is 2. The monoisotopic (exact) mass is 290 g/mol. The number of amides is 1. The molecule has 0 aliphatic rings. The van der Waals surface area contributed by atoms with Crippen LogP contribution >= 0.6 is 0 Å². The van der Waals surface area contributed by atoms with E-state index in [-0.39, 0.29) is 0 Å². The third-order valence-electron chi connectivity index (χ3n) is 2.75. The first-order valence-electron chi connectivity index (χ1n) is 5.89. The average Bonchev–Trinajstić information content (AvgIpc) is 2.47. The minimum Gasteiger partial charge on any atom is -0.322 e. The Morgan fingerprint density at radius 2 is 1.67 bits per heavy atom. The molecule has 21 heavy (non-hydrogen) atoms. The molecular weight excluding hydrogens is 281 g/mol. The van der Waals surface area contributed by atoms with E-state index in [1.54, 1.807) is 0 Å². The zero-order valence-corrected chi connectivity index (χ0v) is 10.6. The second kappa shape index (κ2) is 5.67. The molecule has 0 spiro atoms. The summed E-state index contributed by atoms with van der Waals surface area (Å²) in [7, 11) is 0. The number of anilines is 1. The van der Waals surface area contributed by atoms with Crippen LogP contribution in [0, 0.1) is 11.3 Å². The fraction of sp³-hybridized carbons (Fsp3) is 0.0667. The molecule has 0 atom stereocenters. The van der Waals surface area contributed by atoms with E-state index in [0.717, 1.165) is 12.1 Å². The van der Waals surface area contributed by atoms with Crippen molar-refractivity contribution < 1.29 is 18.0 Å². The molecule has 0 saturated carbocycles. The van der Waals surface area contributed by atoms with Crippen LogP contribution in [0.4, 0.5) is 18.9 Å². The molecule has 0 saturated heterocycles. The number of nitrogens with zero attached hydrogens (tertiary/aromatic N) is 1. The van der Waals surface area contributed by atoms with Crippen molar-refractivity contribution in [2.75, 3.05) is 5.32 Å². The van der Waals surface area contributed by atoms with E-state index < -0.39 is 23.2 Å². The van der Waals surface area contributed by atoms with Gasteiger partial charge < -0.3 is 5.32 Å². The highest BCUT2D eigenvalue weighted by Gasteiger charge is 2.34. The maximum Gasteiger partial charge on any atom is 0.417 e. The molecule has 0 bridgehead atoms. The van der Waals surface area contributed by atoms with Gasteiger partial charge >= 0.3 is 6.18 Å². The first-order chi connectivity index (χ1) is 9.91. The molecule has 1 N–H and O–H groups in total. The van der Waals surface area contributed by atoms with Crippen molar-refractivity contribution in [1.29, 1.82) is 5.26 Å². The standard InChI is InChI=1S/C15H9F3N2O/c16-15(17,18)13-4-2-1-3-12(13)14(21)20-11-7-5-10(9-19)6-8-11/h1-8H,(H,20,21). The van der Waals surface area contributed by atoms with Crippen molar-refractivity contribution >= 4 is 11.6 Å². The summed E-state index contributed by atoms with van der Waals surface area (Å²) >= 11 is 0. The van der Waals surface area contributed by atoms with E-state index >= 15 is 0 Å². The van der Waals surface area contributed by atoms with Gasteiger partial charge in [-0.25, -0.2) is 0 Å². The highest BCUT2D eigenvalue weighted by molar-refractivity contribution is 6.05. The molecule has 0 unspecified atom stereocenters. The predicted molar refractivity (Wildman–Crippen MR) is 70.6 cm³/mol. The number of hydrogen-bond acceptors (Lipinski definition) is 2. The Morgan fingerprint density at radius 1 is 1.05 bits per heavy atom. The van der Waals surface area contributed by atoms with Gasteiger partial charge in [0.1, 0.15) is 0 Å². The van der Waals surface area contributed by atoms with Crippen LogP contribution in [-0.2, 0) is 6.18 Å². The normalized spacial score (nSPS) is 10.8. The predicted octanol–water partition coefficient (Wildman–Crippen LogP) is 3.83. The summed E-state index contributed by atoms with van der Waals surface area (Å²) in [6, 6.07) is 12.3. The second-order valence-electron chi connectivity index (χ2n) is 4.19. The van der Waals surface area contributed by atoms with Gasteiger partial charge in [-0.15, -0.1) is 0 Å². The molecule has 2 aromatic carbocycles. The number of halogens is 3. The summed E-state index contributed by atoms with van der Waals surface area (Å²) in [5, 5.41) is 11.0. The lowest BCUT2D eigenvalue weighted by Crippen LogP contribution is -2.18. The molecule has 0 aliphatic carbocycles. The van der Waals surface area contributed by atoms with Gasteiger partial charge in [0, 0.05) is 5.69 Å². The molecule has 106 valence electrons. The van der Waals surface area contributed by atoms with Crippen LogP contribution in [0.3, 0.4) is 0 Å². The Labute approximate surface area is 118 Å². The molecule has 0 heterocycles. The fourth-order valence-corrected chi connectivity index (χ4v) is 1.75. The zero-order chi connectivity index (χ0) is 15.5. The van der Waals surface area contributed by atoms with Crippen molar-refractivity contribution in [2.45, 2.75) is 6.18 Å². The van der Waals surface area contributed by atoms with Crippen LogP contribution < -0.4 is 5.32 Å². The van der Waals surface area contributed by atoms with Gasteiger partial charge in [-0.3, -0.25) is 4.79 Å². The number of carbonyl (C=O) groups excluding carboxylic acids is 1. The zero-order valence-electron chi connectivity index (χ0n) is 10.6. The first-order valence-corrected chi connectivity index (χ1v) is 5.89. The fourth-order valence-electron chi connectivity index (χ4n) is 1.75. The molecular formula is C15H9F3N2O. The van der Waals surface area contributed by atoms with Crippen molar-refractivity contribution in [3.05, 3.63) is 65.2 Å². The lowest BCUT2D eigenvalue weighted by molar-refractivity contribution is -0.137. The van der Waals surface area contributed by atoms with Gasteiger partial charge in [-0.1, -0.05) is 12.1 Å². The molecule has 3 nitrogen and oxygen atoms in total. The molecule has 2 aromatic rings. The molecule has 2 rings (SSSR count). The van der Waals surface area contributed by atoms with Crippen LogP contribution in [0.1, 0.15) is 21.5 Å². The van der Waals surface area contributed by atoms with Crippen molar-refractivity contribution in [3.63, 3.8) is 0 Å². The van der Waals surface area contributed by atoms with Crippen LogP contribution in [0.5, 0.6) is 0 Å². The van der Waals surface area contributed by atoms with E-state index in [4.69, 9.17) is 5.26 Å². The molecule has 0 radical (unpaired) electrons. The molecule has 1 amide bonds. The quantitative estimate of drug-likeness (QED) is 0.913. The Hall–Kier alpha value is -2.81. The highest BCUT2D eigenvalue weighted by atomic mass is 19.4. The smallest absolute Gasteiger partial charge is 0.322 e. The number of carbonyl (C=O) groups is 1. The number of nitrogens with one attached hydrogen (secondary N) is 1. The van der Waals surface area contributed by atoms with Gasteiger partial charge in [-0.2, -0.15) is 18.4 Å². The van der Waals surface area contributed by atoms with E-state index in [9.17, 15) is 18.0 Å². The van der Waals surface area contributed by atoms with E-state index in [1.807, 2.05) is 6.07 Å². The number of nitriles is 1. The number of rotatable bonds is 2. The van der Waals surface area contributed by atoms with Gasteiger partial charge in [0.15, 0.2) is 0 Å². The van der Waals surface area contributed by atoms with Crippen molar-refractivity contribution in [2.24, 2.45) is 0 Å². The van der Waals surface area contributed by atoms with E-state index in [1.165, 1.54) is 36.4 Å². The van der Waals surface area contributed by atoms with Crippen LogP contribution in [0.15, 0.2) is 48.5 Å². The minimum atomic E-state index is -4.60. The average molecular weight is 290 g/mol. The summed E-state index contributed by atoms with van der Waals surface area (Å²) in [6.07, 6.45) is -4.60. The molecule has 0 fully saturated rings.